The lowest BCUT2D eigenvalue weighted by Gasteiger charge is -2.25. The van der Waals surface area contributed by atoms with E-state index in [1.807, 2.05) is 33.7 Å². The van der Waals surface area contributed by atoms with Crippen molar-refractivity contribution in [3.8, 4) is 11.5 Å². The first-order valence-electron chi connectivity index (χ1n) is 11.7. The summed E-state index contributed by atoms with van der Waals surface area (Å²) in [7, 11) is 0. The number of carbonyl (C=O) groups is 2. The highest BCUT2D eigenvalue weighted by atomic mass is 16.7. The zero-order chi connectivity index (χ0) is 22.4. The molecule has 0 radical (unpaired) electrons. The number of hydrogen-bond acceptors (Lipinski definition) is 5. The fraction of sp³-hybridized carbons (Fsp3) is 0.400. The summed E-state index contributed by atoms with van der Waals surface area (Å²) in [5.74, 6) is 1.68. The Hall–Kier alpha value is -3.55. The van der Waals surface area contributed by atoms with Gasteiger partial charge in [-0.15, -0.1) is 0 Å². The summed E-state index contributed by atoms with van der Waals surface area (Å²) in [5.41, 5.74) is 2.35. The maximum Gasteiger partial charge on any atom is 0.253 e. The van der Waals surface area contributed by atoms with Crippen LogP contribution in [0.3, 0.4) is 0 Å². The summed E-state index contributed by atoms with van der Waals surface area (Å²) < 4.78 is 12.7. The minimum Gasteiger partial charge on any atom is -0.454 e. The molecule has 2 aliphatic heterocycles. The summed E-state index contributed by atoms with van der Waals surface area (Å²) in [6, 6.07) is 12.6. The lowest BCUT2D eigenvalue weighted by Crippen LogP contribution is -2.39. The van der Waals surface area contributed by atoms with Crippen LogP contribution in [0.4, 0.5) is 11.6 Å². The van der Waals surface area contributed by atoms with E-state index in [1.54, 1.807) is 18.2 Å². The number of anilines is 2. The molecule has 0 spiro atoms. The quantitative estimate of drug-likeness (QED) is 0.600. The number of rotatable bonds is 4. The van der Waals surface area contributed by atoms with E-state index in [4.69, 9.17) is 14.5 Å². The second-order valence-electron chi connectivity index (χ2n) is 8.96. The molecule has 170 valence electrons. The second kappa shape index (κ2) is 8.10. The number of carbonyl (C=O) groups excluding carboxylic acids is 2. The molecule has 8 heteroatoms. The third-order valence-corrected chi connectivity index (χ3v) is 6.85. The van der Waals surface area contributed by atoms with Crippen LogP contribution in [0, 0.1) is 0 Å². The number of aromatic nitrogens is 2. The van der Waals surface area contributed by atoms with Gasteiger partial charge < -0.3 is 14.8 Å². The van der Waals surface area contributed by atoms with Gasteiger partial charge in [-0.05, 0) is 37.1 Å². The number of fused-ring (bicyclic) bond motifs is 4. The Morgan fingerprint density at radius 3 is 2.67 bits per heavy atom. The Morgan fingerprint density at radius 1 is 1.03 bits per heavy atom. The van der Waals surface area contributed by atoms with Crippen molar-refractivity contribution in [3.05, 3.63) is 42.5 Å². The minimum absolute atomic E-state index is 0.0315. The lowest BCUT2D eigenvalue weighted by atomic mass is 10.1. The zero-order valence-corrected chi connectivity index (χ0v) is 18.3. The molecule has 2 amide bonds. The van der Waals surface area contributed by atoms with Crippen molar-refractivity contribution in [2.45, 2.75) is 57.0 Å². The summed E-state index contributed by atoms with van der Waals surface area (Å²) in [4.78, 5) is 33.4. The SMILES string of the molecule is O=C(CC1C(=O)N(C2CCCCCC2)c2nc3ccccc3n21)Nc1ccc2c(c1)OCO2. The van der Waals surface area contributed by atoms with Gasteiger partial charge in [-0.25, -0.2) is 4.98 Å². The number of ether oxygens (including phenoxy) is 2. The first kappa shape index (κ1) is 20.1. The van der Waals surface area contributed by atoms with Gasteiger partial charge in [-0.3, -0.25) is 19.1 Å². The molecule has 3 heterocycles. The highest BCUT2D eigenvalue weighted by Crippen LogP contribution is 2.40. The minimum atomic E-state index is -0.607. The van der Waals surface area contributed by atoms with Crippen LogP contribution >= 0.6 is 0 Å². The van der Waals surface area contributed by atoms with E-state index in [-0.39, 0.29) is 31.1 Å². The van der Waals surface area contributed by atoms with E-state index in [9.17, 15) is 9.59 Å². The average Bonchev–Trinajstić information content (AvgIpc) is 3.41. The topological polar surface area (TPSA) is 85.7 Å². The van der Waals surface area contributed by atoms with Crippen LogP contribution in [0.2, 0.25) is 0 Å². The first-order valence-corrected chi connectivity index (χ1v) is 11.7. The standard InChI is InChI=1S/C25H26N4O4/c30-23(26-16-11-12-21-22(13-16)33-15-32-21)14-20-24(31)28(17-7-3-1-2-4-8-17)25-27-18-9-5-6-10-19(18)29(20)25/h5-6,9-13,17,20H,1-4,7-8,14-15H2,(H,26,30). The fourth-order valence-corrected chi connectivity index (χ4v) is 5.28. The third-order valence-electron chi connectivity index (χ3n) is 6.85. The van der Waals surface area contributed by atoms with Crippen LogP contribution in [-0.4, -0.2) is 34.2 Å². The number of imidazole rings is 1. The van der Waals surface area contributed by atoms with Gasteiger partial charge in [0.15, 0.2) is 11.5 Å². The van der Waals surface area contributed by atoms with Gasteiger partial charge in [0.1, 0.15) is 6.04 Å². The molecule has 33 heavy (non-hydrogen) atoms. The summed E-state index contributed by atoms with van der Waals surface area (Å²) in [6.07, 6.45) is 6.64. The average molecular weight is 447 g/mol. The largest absolute Gasteiger partial charge is 0.454 e. The van der Waals surface area contributed by atoms with Crippen molar-refractivity contribution in [2.75, 3.05) is 17.0 Å². The zero-order valence-electron chi connectivity index (χ0n) is 18.3. The Bertz CT molecular complexity index is 1230. The molecular formula is C25H26N4O4. The Morgan fingerprint density at radius 2 is 1.82 bits per heavy atom. The van der Waals surface area contributed by atoms with Crippen molar-refractivity contribution in [2.24, 2.45) is 0 Å². The number of nitrogens with one attached hydrogen (secondary N) is 1. The van der Waals surface area contributed by atoms with Gasteiger partial charge in [0.25, 0.3) is 5.91 Å². The summed E-state index contributed by atoms with van der Waals surface area (Å²) >= 11 is 0. The van der Waals surface area contributed by atoms with Gasteiger partial charge in [0.05, 0.1) is 17.5 Å². The van der Waals surface area contributed by atoms with E-state index in [1.165, 1.54) is 12.8 Å². The van der Waals surface area contributed by atoms with Crippen molar-refractivity contribution in [3.63, 3.8) is 0 Å². The third kappa shape index (κ3) is 3.50. The number of para-hydroxylation sites is 2. The molecule has 1 aromatic heterocycles. The maximum absolute atomic E-state index is 13.7. The molecule has 0 saturated heterocycles. The van der Waals surface area contributed by atoms with E-state index >= 15 is 0 Å². The number of nitrogens with zero attached hydrogens (tertiary/aromatic N) is 3. The number of amides is 2. The second-order valence-corrected chi connectivity index (χ2v) is 8.96. The van der Waals surface area contributed by atoms with E-state index in [0.29, 0.717) is 23.1 Å². The molecule has 2 aromatic carbocycles. The molecule has 1 N–H and O–H groups in total. The van der Waals surface area contributed by atoms with E-state index in [2.05, 4.69) is 5.32 Å². The number of hydrogen-bond donors (Lipinski definition) is 1. The molecule has 1 aliphatic carbocycles. The van der Waals surface area contributed by atoms with Crippen LogP contribution in [-0.2, 0) is 9.59 Å². The van der Waals surface area contributed by atoms with Crippen molar-refractivity contribution in [1.29, 1.82) is 0 Å². The van der Waals surface area contributed by atoms with Crippen LogP contribution in [0.15, 0.2) is 42.5 Å². The highest BCUT2D eigenvalue weighted by molar-refractivity contribution is 6.05. The van der Waals surface area contributed by atoms with Gasteiger partial charge in [-0.1, -0.05) is 37.8 Å². The summed E-state index contributed by atoms with van der Waals surface area (Å²) in [5, 5.41) is 2.92. The molecule has 0 bridgehead atoms. The number of benzene rings is 2. The van der Waals surface area contributed by atoms with Crippen LogP contribution in [0.5, 0.6) is 11.5 Å². The van der Waals surface area contributed by atoms with Gasteiger partial charge >= 0.3 is 0 Å². The molecule has 1 fully saturated rings. The van der Waals surface area contributed by atoms with Gasteiger partial charge in [0.2, 0.25) is 18.6 Å². The molecule has 6 rings (SSSR count). The van der Waals surface area contributed by atoms with Crippen molar-refractivity contribution < 1.29 is 19.1 Å². The monoisotopic (exact) mass is 446 g/mol. The Labute approximate surface area is 191 Å². The summed E-state index contributed by atoms with van der Waals surface area (Å²) in [6.45, 7) is 0.177. The van der Waals surface area contributed by atoms with Crippen LogP contribution in [0.25, 0.3) is 11.0 Å². The first-order chi connectivity index (χ1) is 16.2. The Balaban J connectivity index is 1.30. The van der Waals surface area contributed by atoms with Gasteiger partial charge in [-0.2, -0.15) is 0 Å². The van der Waals surface area contributed by atoms with Crippen LogP contribution in [0.1, 0.15) is 51.0 Å². The lowest BCUT2D eigenvalue weighted by molar-refractivity contribution is -0.125. The van der Waals surface area contributed by atoms with E-state index < -0.39 is 6.04 Å². The fourth-order valence-electron chi connectivity index (χ4n) is 5.28. The highest BCUT2D eigenvalue weighted by Gasteiger charge is 2.43. The molecule has 3 aromatic rings. The predicted molar refractivity (Wildman–Crippen MR) is 124 cm³/mol. The molecule has 1 unspecified atom stereocenters. The smallest absolute Gasteiger partial charge is 0.253 e. The molecular weight excluding hydrogens is 420 g/mol. The molecule has 8 nitrogen and oxygen atoms in total. The van der Waals surface area contributed by atoms with E-state index in [0.717, 1.165) is 36.7 Å². The molecule has 3 aliphatic rings. The Kier molecular flexibility index (Phi) is 4.93. The normalized spacial score (nSPS) is 20.2. The van der Waals surface area contributed by atoms with Crippen LogP contribution < -0.4 is 19.7 Å². The van der Waals surface area contributed by atoms with Crippen molar-refractivity contribution in [1.82, 2.24) is 9.55 Å². The molecule has 1 saturated carbocycles. The van der Waals surface area contributed by atoms with Gasteiger partial charge in [0, 0.05) is 17.8 Å². The maximum atomic E-state index is 13.7. The predicted octanol–water partition coefficient (Wildman–Crippen LogP) is 4.40. The molecule has 1 atom stereocenters. The van der Waals surface area contributed by atoms with Crippen molar-refractivity contribution >= 4 is 34.5 Å².